The highest BCUT2D eigenvalue weighted by molar-refractivity contribution is 7.99. The first-order valence-corrected chi connectivity index (χ1v) is 11.8. The molecule has 1 atom stereocenters. The molecule has 1 unspecified atom stereocenters. The van der Waals surface area contributed by atoms with Crippen molar-refractivity contribution in [3.8, 4) is 5.69 Å². The van der Waals surface area contributed by atoms with E-state index in [9.17, 15) is 14.0 Å². The zero-order chi connectivity index (χ0) is 22.2. The molecule has 32 heavy (non-hydrogen) atoms. The van der Waals surface area contributed by atoms with Gasteiger partial charge in [0.2, 0.25) is 5.91 Å². The van der Waals surface area contributed by atoms with Crippen LogP contribution in [-0.4, -0.2) is 44.2 Å². The number of aryl methyl sites for hydroxylation is 1. The van der Waals surface area contributed by atoms with Gasteiger partial charge in [-0.05, 0) is 56.0 Å². The summed E-state index contributed by atoms with van der Waals surface area (Å²) in [5.41, 5.74) is 4.94. The third kappa shape index (κ3) is 3.68. The molecule has 6 nitrogen and oxygen atoms in total. The normalized spacial score (nSPS) is 17.4. The molecule has 3 aromatic rings. The fourth-order valence-electron chi connectivity index (χ4n) is 4.40. The Morgan fingerprint density at radius 3 is 2.81 bits per heavy atom. The smallest absolute Gasteiger partial charge is 0.276 e. The molecule has 1 saturated heterocycles. The molecule has 1 N–H and O–H groups in total. The number of hydrogen-bond acceptors (Lipinski definition) is 4. The van der Waals surface area contributed by atoms with Crippen molar-refractivity contribution in [1.29, 1.82) is 0 Å². The molecule has 2 aliphatic rings. The van der Waals surface area contributed by atoms with Crippen LogP contribution in [0.15, 0.2) is 48.5 Å². The fourth-order valence-corrected chi connectivity index (χ4v) is 5.55. The van der Waals surface area contributed by atoms with Crippen molar-refractivity contribution in [2.45, 2.75) is 32.2 Å². The lowest BCUT2D eigenvalue weighted by atomic mass is 10.1. The van der Waals surface area contributed by atoms with E-state index in [-0.39, 0.29) is 11.8 Å². The molecule has 1 aliphatic heterocycles. The Bertz CT molecular complexity index is 1210. The van der Waals surface area contributed by atoms with Crippen LogP contribution in [0.4, 0.5) is 10.1 Å². The lowest BCUT2D eigenvalue weighted by Gasteiger charge is -2.22. The predicted molar refractivity (Wildman–Crippen MR) is 123 cm³/mol. The van der Waals surface area contributed by atoms with Crippen LogP contribution in [0.3, 0.4) is 0 Å². The summed E-state index contributed by atoms with van der Waals surface area (Å²) in [6, 6.07) is 13.1. The Balaban J connectivity index is 1.43. The number of thioether (sulfide) groups is 1. The summed E-state index contributed by atoms with van der Waals surface area (Å²) in [4.78, 5) is 28.1. The molecule has 164 valence electrons. The molecule has 0 spiro atoms. The highest BCUT2D eigenvalue weighted by atomic mass is 32.2. The Morgan fingerprint density at radius 2 is 2.00 bits per heavy atom. The Morgan fingerprint density at radius 1 is 1.16 bits per heavy atom. The average Bonchev–Trinajstić information content (AvgIpc) is 3.50. The number of hydrogen-bond donors (Lipinski definition) is 1. The molecule has 0 bridgehead atoms. The van der Waals surface area contributed by atoms with Crippen molar-refractivity contribution < 1.29 is 14.0 Å². The molecule has 8 heteroatoms. The van der Waals surface area contributed by atoms with Crippen LogP contribution in [0, 0.1) is 12.7 Å². The second-order valence-electron chi connectivity index (χ2n) is 8.12. The van der Waals surface area contributed by atoms with E-state index in [1.54, 1.807) is 17.0 Å². The minimum atomic E-state index is -0.628. The average molecular weight is 451 g/mol. The predicted octanol–water partition coefficient (Wildman–Crippen LogP) is 3.96. The lowest BCUT2D eigenvalue weighted by molar-refractivity contribution is -0.119. The van der Waals surface area contributed by atoms with Gasteiger partial charge in [-0.25, -0.2) is 9.07 Å². The van der Waals surface area contributed by atoms with E-state index in [4.69, 9.17) is 5.10 Å². The van der Waals surface area contributed by atoms with Gasteiger partial charge in [0.25, 0.3) is 5.91 Å². The standard InChI is InChI=1S/C24H23FN4O2S/c1-15-6-2-3-10-19(15)29-20-11-5-9-18(20)22(27-29)24(31)28-14-32-13-21(28)23(30)26-17-8-4-7-16(25)12-17/h2-4,6-8,10,12,21H,5,9,11,13-14H2,1H3,(H,26,30). The highest BCUT2D eigenvalue weighted by Gasteiger charge is 2.38. The van der Waals surface area contributed by atoms with Gasteiger partial charge in [-0.2, -0.15) is 5.10 Å². The van der Waals surface area contributed by atoms with Gasteiger partial charge in [0.05, 0.1) is 11.6 Å². The third-order valence-electron chi connectivity index (χ3n) is 6.01. The number of halogens is 1. The second kappa shape index (κ2) is 8.43. The number of amides is 2. The van der Waals surface area contributed by atoms with E-state index in [0.717, 1.165) is 41.8 Å². The number of benzene rings is 2. The van der Waals surface area contributed by atoms with E-state index >= 15 is 0 Å². The maximum Gasteiger partial charge on any atom is 0.276 e. The van der Waals surface area contributed by atoms with Crippen LogP contribution in [0.2, 0.25) is 0 Å². The van der Waals surface area contributed by atoms with Gasteiger partial charge < -0.3 is 10.2 Å². The van der Waals surface area contributed by atoms with Gasteiger partial charge in [0.15, 0.2) is 5.69 Å². The summed E-state index contributed by atoms with van der Waals surface area (Å²) in [5, 5.41) is 7.47. The molecule has 1 fully saturated rings. The molecule has 5 rings (SSSR count). The number of nitrogens with zero attached hydrogens (tertiary/aromatic N) is 3. The molecule has 1 aliphatic carbocycles. The summed E-state index contributed by atoms with van der Waals surface area (Å²) < 4.78 is 15.4. The van der Waals surface area contributed by atoms with Gasteiger partial charge >= 0.3 is 0 Å². The monoisotopic (exact) mass is 450 g/mol. The number of carbonyl (C=O) groups is 2. The third-order valence-corrected chi connectivity index (χ3v) is 7.03. The van der Waals surface area contributed by atoms with Gasteiger partial charge in [-0.1, -0.05) is 24.3 Å². The molecule has 2 heterocycles. The highest BCUT2D eigenvalue weighted by Crippen LogP contribution is 2.32. The zero-order valence-corrected chi connectivity index (χ0v) is 18.5. The molecule has 2 aromatic carbocycles. The maximum absolute atomic E-state index is 13.6. The van der Waals surface area contributed by atoms with E-state index < -0.39 is 11.9 Å². The topological polar surface area (TPSA) is 67.2 Å². The van der Waals surface area contributed by atoms with Crippen LogP contribution in [0.1, 0.15) is 33.7 Å². The minimum absolute atomic E-state index is 0.222. The summed E-state index contributed by atoms with van der Waals surface area (Å²) >= 11 is 1.53. The van der Waals surface area contributed by atoms with Crippen molar-refractivity contribution in [3.05, 3.63) is 76.9 Å². The first kappa shape index (κ1) is 20.8. The molecule has 0 radical (unpaired) electrons. The van der Waals surface area contributed by atoms with Gasteiger partial charge in [0, 0.05) is 22.7 Å². The number of anilines is 1. The van der Waals surface area contributed by atoms with Crippen LogP contribution in [-0.2, 0) is 17.6 Å². The first-order chi connectivity index (χ1) is 15.5. The van der Waals surface area contributed by atoms with Crippen LogP contribution < -0.4 is 5.32 Å². The molecule has 0 saturated carbocycles. The summed E-state index contributed by atoms with van der Waals surface area (Å²) in [5.74, 6) is -0.0442. The number of para-hydroxylation sites is 1. The largest absolute Gasteiger partial charge is 0.324 e. The van der Waals surface area contributed by atoms with Crippen molar-refractivity contribution >= 4 is 29.3 Å². The second-order valence-corrected chi connectivity index (χ2v) is 9.12. The zero-order valence-electron chi connectivity index (χ0n) is 17.7. The molecular formula is C24H23FN4O2S. The molecule has 2 amide bonds. The lowest BCUT2D eigenvalue weighted by Crippen LogP contribution is -2.45. The van der Waals surface area contributed by atoms with E-state index in [2.05, 4.69) is 5.32 Å². The van der Waals surface area contributed by atoms with Crippen molar-refractivity contribution in [2.75, 3.05) is 16.9 Å². The van der Waals surface area contributed by atoms with Crippen molar-refractivity contribution in [3.63, 3.8) is 0 Å². The number of nitrogens with one attached hydrogen (secondary N) is 1. The number of aromatic nitrogens is 2. The van der Waals surface area contributed by atoms with Gasteiger partial charge in [-0.15, -0.1) is 11.8 Å². The Labute approximate surface area is 189 Å². The van der Waals surface area contributed by atoms with E-state index in [1.165, 1.54) is 23.9 Å². The fraction of sp³-hybridized carbons (Fsp3) is 0.292. The summed E-state index contributed by atoms with van der Waals surface area (Å²) in [6.07, 6.45) is 2.67. The number of fused-ring (bicyclic) bond motifs is 1. The first-order valence-electron chi connectivity index (χ1n) is 10.6. The molecular weight excluding hydrogens is 427 g/mol. The summed E-state index contributed by atoms with van der Waals surface area (Å²) in [6.45, 7) is 2.03. The van der Waals surface area contributed by atoms with E-state index in [1.807, 2.05) is 35.9 Å². The molecule has 1 aromatic heterocycles. The number of rotatable bonds is 4. The Hall–Kier alpha value is -3.13. The van der Waals surface area contributed by atoms with Crippen molar-refractivity contribution in [1.82, 2.24) is 14.7 Å². The quantitative estimate of drug-likeness (QED) is 0.653. The van der Waals surface area contributed by atoms with Crippen LogP contribution >= 0.6 is 11.8 Å². The minimum Gasteiger partial charge on any atom is -0.324 e. The van der Waals surface area contributed by atoms with Crippen LogP contribution in [0.5, 0.6) is 0 Å². The Kier molecular flexibility index (Phi) is 5.46. The SMILES string of the molecule is Cc1ccccc1-n1nc(C(=O)N2CSCC2C(=O)Nc2cccc(F)c2)c2c1CCC2. The van der Waals surface area contributed by atoms with E-state index in [0.29, 0.717) is 23.0 Å². The maximum atomic E-state index is 13.6. The number of carbonyl (C=O) groups excluding carboxylic acids is 2. The van der Waals surface area contributed by atoms with Gasteiger partial charge in [0.1, 0.15) is 11.9 Å². The van der Waals surface area contributed by atoms with Crippen LogP contribution in [0.25, 0.3) is 5.69 Å². The summed E-state index contributed by atoms with van der Waals surface area (Å²) in [7, 11) is 0. The van der Waals surface area contributed by atoms with Crippen molar-refractivity contribution in [2.24, 2.45) is 0 Å². The van der Waals surface area contributed by atoms with Gasteiger partial charge in [-0.3, -0.25) is 9.59 Å².